The lowest BCUT2D eigenvalue weighted by molar-refractivity contribution is 0.101. The van der Waals surface area contributed by atoms with E-state index in [1.165, 1.54) is 4.90 Å². The molecule has 10 heavy (non-hydrogen) atoms. The Labute approximate surface area is 65.0 Å². The third-order valence-corrected chi connectivity index (χ3v) is 1.15. The van der Waals surface area contributed by atoms with Gasteiger partial charge in [-0.25, -0.2) is 8.78 Å². The first kappa shape index (κ1) is 10.1. The van der Waals surface area contributed by atoms with Gasteiger partial charge < -0.3 is 0 Å². The van der Waals surface area contributed by atoms with E-state index in [0.717, 1.165) is 0 Å². The molecule has 4 heteroatoms. The van der Waals surface area contributed by atoms with Gasteiger partial charge in [-0.3, -0.25) is 4.90 Å². The summed E-state index contributed by atoms with van der Waals surface area (Å²) in [5.74, 6) is 0. The summed E-state index contributed by atoms with van der Waals surface area (Å²) >= 11 is 5.57. The molecule has 0 fully saturated rings. The molecule has 0 aromatic carbocycles. The molecule has 0 saturated heterocycles. The molecule has 0 radical (unpaired) electrons. The molecule has 0 aliphatic carbocycles. The van der Waals surface area contributed by atoms with Crippen LogP contribution in [0.2, 0.25) is 0 Å². The number of hydrogen-bond acceptors (Lipinski definition) is 1. The Morgan fingerprint density at radius 3 is 2.20 bits per heavy atom. The van der Waals surface area contributed by atoms with Gasteiger partial charge in [0.15, 0.2) is 0 Å². The molecule has 62 valence electrons. The minimum Gasteiger partial charge on any atom is -0.299 e. The lowest BCUT2D eigenvalue weighted by Crippen LogP contribution is -2.29. The topological polar surface area (TPSA) is 3.24 Å². The van der Waals surface area contributed by atoms with Gasteiger partial charge in [-0.15, -0.1) is 11.6 Å². The first-order valence-corrected chi connectivity index (χ1v) is 3.56. The van der Waals surface area contributed by atoms with E-state index in [4.69, 9.17) is 11.6 Å². The molecule has 1 nitrogen and oxygen atoms in total. The van der Waals surface area contributed by atoms with Crippen LogP contribution in [-0.2, 0) is 0 Å². The third kappa shape index (κ3) is 6.23. The average Bonchev–Trinajstić information content (AvgIpc) is 1.58. The van der Waals surface area contributed by atoms with Crippen molar-refractivity contribution < 1.29 is 8.78 Å². The normalized spacial score (nSPS) is 14.7. The minimum absolute atomic E-state index is 0.0660. The van der Waals surface area contributed by atoms with Crippen LogP contribution in [0, 0.1) is 0 Å². The minimum atomic E-state index is -2.26. The zero-order valence-corrected chi connectivity index (χ0v) is 6.91. The van der Waals surface area contributed by atoms with Crippen molar-refractivity contribution in [3.8, 4) is 0 Å². The van der Waals surface area contributed by atoms with Crippen LogP contribution >= 0.6 is 11.6 Å². The van der Waals surface area contributed by atoms with Crippen LogP contribution in [0.25, 0.3) is 0 Å². The maximum absolute atomic E-state index is 11.7. The summed E-state index contributed by atoms with van der Waals surface area (Å²) in [6.45, 7) is 2.09. The molecule has 0 heterocycles. The Bertz CT molecular complexity index is 77.8. The Kier molecular flexibility index (Phi) is 4.91. The summed E-state index contributed by atoms with van der Waals surface area (Å²) in [5, 5.41) is -0.0660. The summed E-state index contributed by atoms with van der Waals surface area (Å²) in [7, 11) is 1.63. The highest BCUT2D eigenvalue weighted by atomic mass is 35.5. The maximum Gasteiger partial charge on any atom is 0.251 e. The summed E-state index contributed by atoms with van der Waals surface area (Å²) in [6.07, 6.45) is -2.26. The van der Waals surface area contributed by atoms with Gasteiger partial charge >= 0.3 is 0 Å². The molecule has 0 aromatic heterocycles. The van der Waals surface area contributed by atoms with E-state index in [1.807, 2.05) is 0 Å². The standard InChI is InChI=1S/C6H12ClF2N/c1-5(7)3-10(2)4-6(8)9/h5-6H,3-4H2,1-2H3. The van der Waals surface area contributed by atoms with Crippen molar-refractivity contribution in [3.05, 3.63) is 0 Å². The van der Waals surface area contributed by atoms with Gasteiger partial charge in [0.1, 0.15) is 0 Å². The smallest absolute Gasteiger partial charge is 0.251 e. The first-order valence-electron chi connectivity index (χ1n) is 3.13. The molecule has 1 unspecified atom stereocenters. The van der Waals surface area contributed by atoms with Gasteiger partial charge in [0, 0.05) is 11.9 Å². The van der Waals surface area contributed by atoms with E-state index in [0.29, 0.717) is 6.54 Å². The zero-order valence-electron chi connectivity index (χ0n) is 6.15. The largest absolute Gasteiger partial charge is 0.299 e. The van der Waals surface area contributed by atoms with Gasteiger partial charge in [0.25, 0.3) is 6.43 Å². The SMILES string of the molecule is CC(Cl)CN(C)CC(F)F. The second kappa shape index (κ2) is 4.85. The second-order valence-electron chi connectivity index (χ2n) is 2.39. The average molecular weight is 172 g/mol. The van der Waals surface area contributed by atoms with Crippen molar-refractivity contribution in [3.63, 3.8) is 0 Å². The maximum atomic E-state index is 11.7. The highest BCUT2D eigenvalue weighted by Gasteiger charge is 2.08. The van der Waals surface area contributed by atoms with Crippen molar-refractivity contribution in [2.45, 2.75) is 18.7 Å². The van der Waals surface area contributed by atoms with E-state index >= 15 is 0 Å². The van der Waals surface area contributed by atoms with E-state index in [2.05, 4.69) is 0 Å². The van der Waals surface area contributed by atoms with Gasteiger partial charge in [-0.05, 0) is 14.0 Å². The van der Waals surface area contributed by atoms with Crippen LogP contribution in [0.15, 0.2) is 0 Å². The summed E-state index contributed by atoms with van der Waals surface area (Å²) in [5.41, 5.74) is 0. The molecule has 0 spiro atoms. The molecule has 0 aliphatic heterocycles. The molecule has 0 bridgehead atoms. The Hall–Kier alpha value is 0.110. The summed E-state index contributed by atoms with van der Waals surface area (Å²) in [4.78, 5) is 1.52. The molecule has 1 atom stereocenters. The predicted octanol–water partition coefficient (Wildman–Crippen LogP) is 1.81. The fourth-order valence-corrected chi connectivity index (χ4v) is 0.975. The van der Waals surface area contributed by atoms with Gasteiger partial charge in [0.2, 0.25) is 0 Å². The molecule has 0 saturated carbocycles. The van der Waals surface area contributed by atoms with E-state index in [9.17, 15) is 8.78 Å². The van der Waals surface area contributed by atoms with Gasteiger partial charge in [-0.2, -0.15) is 0 Å². The quantitative estimate of drug-likeness (QED) is 0.584. The summed E-state index contributed by atoms with van der Waals surface area (Å²) in [6, 6.07) is 0. The molecular weight excluding hydrogens is 160 g/mol. The van der Waals surface area contributed by atoms with Crippen LogP contribution in [0.4, 0.5) is 8.78 Å². The van der Waals surface area contributed by atoms with Crippen LogP contribution in [0.1, 0.15) is 6.92 Å². The van der Waals surface area contributed by atoms with E-state index in [-0.39, 0.29) is 11.9 Å². The van der Waals surface area contributed by atoms with Crippen LogP contribution in [0.5, 0.6) is 0 Å². The highest BCUT2D eigenvalue weighted by molar-refractivity contribution is 6.20. The number of nitrogens with zero attached hydrogens (tertiary/aromatic N) is 1. The van der Waals surface area contributed by atoms with Crippen LogP contribution in [-0.4, -0.2) is 36.8 Å². The van der Waals surface area contributed by atoms with Gasteiger partial charge in [-0.1, -0.05) is 0 Å². The highest BCUT2D eigenvalue weighted by Crippen LogP contribution is 2.00. The lowest BCUT2D eigenvalue weighted by Gasteiger charge is -2.16. The predicted molar refractivity (Wildman–Crippen MR) is 38.8 cm³/mol. The molecule has 0 amide bonds. The molecule has 0 N–H and O–H groups in total. The summed E-state index contributed by atoms with van der Waals surface area (Å²) < 4.78 is 23.3. The van der Waals surface area contributed by atoms with Crippen LogP contribution < -0.4 is 0 Å². The third-order valence-electron chi connectivity index (χ3n) is 1.01. The Morgan fingerprint density at radius 1 is 1.40 bits per heavy atom. The number of hydrogen-bond donors (Lipinski definition) is 0. The van der Waals surface area contributed by atoms with E-state index in [1.54, 1.807) is 14.0 Å². The Balaban J connectivity index is 3.34. The van der Waals surface area contributed by atoms with Crippen molar-refractivity contribution in [1.82, 2.24) is 4.90 Å². The molecular formula is C6H12ClF2N. The lowest BCUT2D eigenvalue weighted by atomic mass is 10.4. The van der Waals surface area contributed by atoms with Crippen molar-refractivity contribution in [2.75, 3.05) is 20.1 Å². The fraction of sp³-hybridized carbons (Fsp3) is 1.00. The first-order chi connectivity index (χ1) is 4.52. The van der Waals surface area contributed by atoms with Crippen molar-refractivity contribution >= 4 is 11.6 Å². The number of alkyl halides is 3. The van der Waals surface area contributed by atoms with Crippen LogP contribution in [0.3, 0.4) is 0 Å². The van der Waals surface area contributed by atoms with E-state index < -0.39 is 6.43 Å². The molecule has 0 rings (SSSR count). The molecule has 0 aromatic rings. The number of rotatable bonds is 4. The fourth-order valence-electron chi connectivity index (χ4n) is 0.740. The molecule has 0 aliphatic rings. The zero-order chi connectivity index (χ0) is 8.15. The second-order valence-corrected chi connectivity index (χ2v) is 3.14. The van der Waals surface area contributed by atoms with Crippen molar-refractivity contribution in [2.24, 2.45) is 0 Å². The number of halogens is 3. The Morgan fingerprint density at radius 2 is 1.90 bits per heavy atom. The monoisotopic (exact) mass is 171 g/mol. The van der Waals surface area contributed by atoms with Gasteiger partial charge in [0.05, 0.1) is 6.54 Å². The van der Waals surface area contributed by atoms with Crippen molar-refractivity contribution in [1.29, 1.82) is 0 Å².